The summed E-state index contributed by atoms with van der Waals surface area (Å²) in [7, 11) is 0. The van der Waals surface area contributed by atoms with Crippen molar-refractivity contribution >= 4 is 11.9 Å². The molecule has 1 atom stereocenters. The van der Waals surface area contributed by atoms with Gasteiger partial charge in [-0.1, -0.05) is 20.8 Å². The lowest BCUT2D eigenvalue weighted by Crippen LogP contribution is -2.49. The van der Waals surface area contributed by atoms with Crippen molar-refractivity contribution in [3.63, 3.8) is 0 Å². The predicted octanol–water partition coefficient (Wildman–Crippen LogP) is -0.0493. The van der Waals surface area contributed by atoms with Crippen molar-refractivity contribution in [2.75, 3.05) is 6.54 Å². The van der Waals surface area contributed by atoms with Gasteiger partial charge in [0, 0.05) is 13.0 Å². The molecule has 0 aliphatic carbocycles. The fraction of sp³-hybridized carbons (Fsp3) is 0.778. The number of hydrogen-bond acceptors (Lipinski definition) is 3. The average molecular weight is 202 g/mol. The van der Waals surface area contributed by atoms with Crippen LogP contribution in [0.15, 0.2) is 0 Å². The topological polar surface area (TPSA) is 92.4 Å². The largest absolute Gasteiger partial charge is 0.480 e. The van der Waals surface area contributed by atoms with Gasteiger partial charge in [-0.3, -0.25) is 4.79 Å². The minimum absolute atomic E-state index is 0.153. The molecule has 0 saturated carbocycles. The predicted molar refractivity (Wildman–Crippen MR) is 52.7 cm³/mol. The van der Waals surface area contributed by atoms with Gasteiger partial charge in [0.05, 0.1) is 0 Å². The molecule has 0 bridgehead atoms. The number of carbonyl (C=O) groups excluding carboxylic acids is 1. The molecular weight excluding hydrogens is 184 g/mol. The lowest BCUT2D eigenvalue weighted by Gasteiger charge is -2.27. The van der Waals surface area contributed by atoms with Crippen LogP contribution in [0, 0.1) is 5.41 Å². The quantitative estimate of drug-likeness (QED) is 0.596. The van der Waals surface area contributed by atoms with Crippen molar-refractivity contribution in [1.82, 2.24) is 5.32 Å². The molecule has 4 N–H and O–H groups in total. The first-order valence-electron chi connectivity index (χ1n) is 4.51. The van der Waals surface area contributed by atoms with Crippen molar-refractivity contribution < 1.29 is 14.7 Å². The second-order valence-corrected chi connectivity index (χ2v) is 4.24. The van der Waals surface area contributed by atoms with Crippen LogP contribution < -0.4 is 11.1 Å². The number of carbonyl (C=O) groups is 2. The number of rotatable bonds is 4. The second-order valence-electron chi connectivity index (χ2n) is 4.24. The summed E-state index contributed by atoms with van der Waals surface area (Å²) in [6.45, 7) is 5.50. The standard InChI is InChI=1S/C9H18N2O3/c1-9(2,3)7(8(13)14)11-6(12)4-5-10/h7H,4-5,10H2,1-3H3,(H,11,12)(H,13,14)/t7-/m0/s1. The van der Waals surface area contributed by atoms with Crippen molar-refractivity contribution in [1.29, 1.82) is 0 Å². The Morgan fingerprint density at radius 1 is 1.43 bits per heavy atom. The summed E-state index contributed by atoms with van der Waals surface area (Å²) in [5, 5.41) is 11.3. The molecule has 5 heteroatoms. The molecule has 0 aromatic rings. The van der Waals surface area contributed by atoms with Crippen LogP contribution in [-0.2, 0) is 9.59 Å². The Balaban J connectivity index is 4.40. The molecule has 0 aromatic carbocycles. The molecule has 82 valence electrons. The Bertz CT molecular complexity index is 221. The lowest BCUT2D eigenvalue weighted by atomic mass is 9.86. The molecular formula is C9H18N2O3. The first kappa shape index (κ1) is 12.9. The van der Waals surface area contributed by atoms with E-state index in [1.807, 2.05) is 0 Å². The van der Waals surface area contributed by atoms with Gasteiger partial charge < -0.3 is 16.2 Å². The Hall–Kier alpha value is -1.10. The molecule has 0 unspecified atom stereocenters. The van der Waals surface area contributed by atoms with E-state index in [4.69, 9.17) is 10.8 Å². The van der Waals surface area contributed by atoms with Gasteiger partial charge in [-0.15, -0.1) is 0 Å². The summed E-state index contributed by atoms with van der Waals surface area (Å²) >= 11 is 0. The molecule has 0 heterocycles. The van der Waals surface area contributed by atoms with Crippen LogP contribution in [0.2, 0.25) is 0 Å². The van der Waals surface area contributed by atoms with Gasteiger partial charge in [0.1, 0.15) is 6.04 Å². The van der Waals surface area contributed by atoms with E-state index in [0.29, 0.717) is 0 Å². The third-order valence-corrected chi connectivity index (χ3v) is 1.79. The summed E-state index contributed by atoms with van der Waals surface area (Å²) < 4.78 is 0. The van der Waals surface area contributed by atoms with Gasteiger partial charge in [-0.05, 0) is 5.41 Å². The zero-order valence-electron chi connectivity index (χ0n) is 8.83. The third-order valence-electron chi connectivity index (χ3n) is 1.79. The molecule has 0 fully saturated rings. The van der Waals surface area contributed by atoms with Crippen LogP contribution >= 0.6 is 0 Å². The van der Waals surface area contributed by atoms with E-state index >= 15 is 0 Å². The van der Waals surface area contributed by atoms with Crippen molar-refractivity contribution in [2.24, 2.45) is 11.1 Å². The molecule has 0 aliphatic heterocycles. The molecule has 0 aromatic heterocycles. The summed E-state index contributed by atoms with van der Waals surface area (Å²) in [6, 6.07) is -0.874. The van der Waals surface area contributed by atoms with E-state index in [9.17, 15) is 9.59 Å². The third kappa shape index (κ3) is 4.23. The fourth-order valence-electron chi connectivity index (χ4n) is 1.01. The van der Waals surface area contributed by atoms with Gasteiger partial charge in [-0.2, -0.15) is 0 Å². The number of aliphatic carboxylic acids is 1. The second kappa shape index (κ2) is 4.95. The summed E-state index contributed by atoms with van der Waals surface area (Å²) in [6.07, 6.45) is 0.153. The molecule has 0 spiro atoms. The lowest BCUT2D eigenvalue weighted by molar-refractivity contribution is -0.144. The van der Waals surface area contributed by atoms with E-state index in [0.717, 1.165) is 0 Å². The maximum atomic E-state index is 11.2. The van der Waals surface area contributed by atoms with E-state index in [1.165, 1.54) is 0 Å². The van der Waals surface area contributed by atoms with Gasteiger partial charge in [0.15, 0.2) is 0 Å². The Morgan fingerprint density at radius 3 is 2.21 bits per heavy atom. The van der Waals surface area contributed by atoms with E-state index in [1.54, 1.807) is 20.8 Å². The van der Waals surface area contributed by atoms with Crippen LogP contribution in [0.4, 0.5) is 0 Å². The van der Waals surface area contributed by atoms with Crippen molar-refractivity contribution in [3.05, 3.63) is 0 Å². The number of nitrogens with one attached hydrogen (secondary N) is 1. The molecule has 0 radical (unpaired) electrons. The maximum absolute atomic E-state index is 11.2. The van der Waals surface area contributed by atoms with Gasteiger partial charge in [0.2, 0.25) is 5.91 Å². The first-order valence-corrected chi connectivity index (χ1v) is 4.51. The number of amides is 1. The number of carboxylic acid groups (broad SMARTS) is 1. The normalized spacial score (nSPS) is 13.4. The summed E-state index contributed by atoms with van der Waals surface area (Å²) in [4.78, 5) is 22.0. The summed E-state index contributed by atoms with van der Waals surface area (Å²) in [5.41, 5.74) is 4.68. The van der Waals surface area contributed by atoms with Crippen LogP contribution in [0.5, 0.6) is 0 Å². The molecule has 0 saturated heterocycles. The van der Waals surface area contributed by atoms with E-state index in [-0.39, 0.29) is 18.9 Å². The van der Waals surface area contributed by atoms with Gasteiger partial charge in [-0.25, -0.2) is 4.79 Å². The zero-order chi connectivity index (χ0) is 11.4. The highest BCUT2D eigenvalue weighted by Gasteiger charge is 2.32. The molecule has 14 heavy (non-hydrogen) atoms. The van der Waals surface area contributed by atoms with E-state index < -0.39 is 17.4 Å². The highest BCUT2D eigenvalue weighted by molar-refractivity contribution is 5.84. The maximum Gasteiger partial charge on any atom is 0.326 e. The molecule has 5 nitrogen and oxygen atoms in total. The average Bonchev–Trinajstić information content (AvgIpc) is 1.98. The number of carboxylic acids is 1. The van der Waals surface area contributed by atoms with Crippen LogP contribution in [0.3, 0.4) is 0 Å². The minimum Gasteiger partial charge on any atom is -0.480 e. The molecule has 0 aliphatic rings. The van der Waals surface area contributed by atoms with Crippen LogP contribution in [-0.4, -0.2) is 29.6 Å². The Labute approximate surface area is 83.7 Å². The fourth-order valence-corrected chi connectivity index (χ4v) is 1.01. The zero-order valence-corrected chi connectivity index (χ0v) is 8.83. The van der Waals surface area contributed by atoms with Crippen LogP contribution in [0.25, 0.3) is 0 Å². The number of nitrogens with two attached hydrogens (primary N) is 1. The smallest absolute Gasteiger partial charge is 0.326 e. The highest BCUT2D eigenvalue weighted by Crippen LogP contribution is 2.19. The molecule has 0 rings (SSSR count). The highest BCUT2D eigenvalue weighted by atomic mass is 16.4. The van der Waals surface area contributed by atoms with E-state index in [2.05, 4.69) is 5.32 Å². The summed E-state index contributed by atoms with van der Waals surface area (Å²) in [5.74, 6) is -1.35. The van der Waals surface area contributed by atoms with Crippen molar-refractivity contribution in [2.45, 2.75) is 33.2 Å². The van der Waals surface area contributed by atoms with Gasteiger partial charge >= 0.3 is 5.97 Å². The Morgan fingerprint density at radius 2 is 1.93 bits per heavy atom. The SMILES string of the molecule is CC(C)(C)[C@@H](NC(=O)CCN)C(=O)O. The Kier molecular flexibility index (Phi) is 4.56. The van der Waals surface area contributed by atoms with Crippen LogP contribution in [0.1, 0.15) is 27.2 Å². The van der Waals surface area contributed by atoms with Crippen molar-refractivity contribution in [3.8, 4) is 0 Å². The van der Waals surface area contributed by atoms with Gasteiger partial charge in [0.25, 0.3) is 0 Å². The molecule has 1 amide bonds. The first-order chi connectivity index (χ1) is 6.29. The monoisotopic (exact) mass is 202 g/mol. The number of hydrogen-bond donors (Lipinski definition) is 3. The minimum atomic E-state index is -1.03.